The molecule has 3 heterocycles. The summed E-state index contributed by atoms with van der Waals surface area (Å²) in [5, 5.41) is 11.0. The third kappa shape index (κ3) is 2.62. The smallest absolute Gasteiger partial charge is 0.0851 e. The summed E-state index contributed by atoms with van der Waals surface area (Å²) in [5.41, 5.74) is 9.05. The third-order valence-corrected chi connectivity index (χ3v) is 7.98. The molecule has 0 amide bonds. The Morgan fingerprint density at radius 2 is 1.71 bits per heavy atom. The molecule has 4 aromatic rings. The average Bonchev–Trinajstić information content (AvgIpc) is 3.60. The summed E-state index contributed by atoms with van der Waals surface area (Å²) < 4.78 is 2.46. The number of nitrogens with one attached hydrogen (secondary N) is 2. The van der Waals surface area contributed by atoms with Gasteiger partial charge < -0.3 is 20.1 Å². The minimum Gasteiger partial charge on any atom is -0.366 e. The molecule has 2 N–H and O–H groups in total. The fourth-order valence-electron chi connectivity index (χ4n) is 6.55. The molecule has 0 saturated carbocycles. The number of anilines is 3. The minimum atomic E-state index is 0.267. The molecule has 0 fully saturated rings. The van der Waals surface area contributed by atoms with Crippen LogP contribution in [0, 0.1) is 5.92 Å². The van der Waals surface area contributed by atoms with Gasteiger partial charge in [-0.3, -0.25) is 0 Å². The summed E-state index contributed by atoms with van der Waals surface area (Å²) >= 11 is 0. The number of allylic oxidation sites excluding steroid dienone is 3. The number of hydrogen-bond acceptors (Lipinski definition) is 3. The Hall–Kier alpha value is -4.18. The van der Waals surface area contributed by atoms with Crippen molar-refractivity contribution in [1.82, 2.24) is 4.57 Å². The molecule has 4 aliphatic rings. The molecule has 2 aliphatic heterocycles. The molecule has 8 rings (SSSR count). The molecule has 2 unspecified atom stereocenters. The van der Waals surface area contributed by atoms with E-state index in [0.29, 0.717) is 5.92 Å². The quantitative estimate of drug-likeness (QED) is 0.442. The van der Waals surface area contributed by atoms with Crippen LogP contribution in [0.1, 0.15) is 12.8 Å². The second-order valence-corrected chi connectivity index (χ2v) is 9.78. The van der Waals surface area contributed by atoms with Gasteiger partial charge in [0.1, 0.15) is 0 Å². The fourth-order valence-corrected chi connectivity index (χ4v) is 6.55. The van der Waals surface area contributed by atoms with Crippen molar-refractivity contribution in [2.75, 3.05) is 22.2 Å². The zero-order chi connectivity index (χ0) is 22.9. The summed E-state index contributed by atoms with van der Waals surface area (Å²) in [6.07, 6.45) is 12.0. The predicted molar refractivity (Wildman–Crippen MR) is 145 cm³/mol. The van der Waals surface area contributed by atoms with E-state index >= 15 is 0 Å². The summed E-state index contributed by atoms with van der Waals surface area (Å²) in [6, 6.07) is 26.6. The summed E-state index contributed by atoms with van der Waals surface area (Å²) in [6.45, 7) is 0.763. The normalized spacial score (nSPS) is 21.4. The first kappa shape index (κ1) is 19.2. The Kier molecular flexibility index (Phi) is 3.92. The number of nitrogens with zero attached hydrogens (tertiary/aromatic N) is 2. The predicted octanol–water partition coefficient (Wildman–Crippen LogP) is 5.11. The van der Waals surface area contributed by atoms with Crippen molar-refractivity contribution >= 4 is 40.1 Å². The highest BCUT2D eigenvalue weighted by atomic mass is 15.2. The van der Waals surface area contributed by atoms with Gasteiger partial charge in [0.15, 0.2) is 0 Å². The zero-order valence-electron chi connectivity index (χ0n) is 19.4. The van der Waals surface area contributed by atoms with Crippen molar-refractivity contribution in [3.8, 4) is 5.69 Å². The molecule has 0 radical (unpaired) electrons. The molecule has 0 spiro atoms. The Bertz CT molecular complexity index is 1690. The topological polar surface area (TPSA) is 32.2 Å². The highest BCUT2D eigenvalue weighted by Crippen LogP contribution is 2.44. The lowest BCUT2D eigenvalue weighted by Gasteiger charge is -2.31. The third-order valence-electron chi connectivity index (χ3n) is 7.98. The molecule has 4 heteroatoms. The average molecular weight is 455 g/mol. The molecule has 170 valence electrons. The van der Waals surface area contributed by atoms with Gasteiger partial charge >= 0.3 is 0 Å². The second-order valence-electron chi connectivity index (χ2n) is 9.78. The van der Waals surface area contributed by atoms with Crippen molar-refractivity contribution in [2.45, 2.75) is 18.9 Å². The van der Waals surface area contributed by atoms with E-state index < -0.39 is 0 Å². The first-order valence-electron chi connectivity index (χ1n) is 12.6. The van der Waals surface area contributed by atoms with Crippen molar-refractivity contribution in [1.29, 1.82) is 0 Å². The van der Waals surface area contributed by atoms with E-state index in [0.717, 1.165) is 19.5 Å². The maximum Gasteiger partial charge on any atom is 0.0851 e. The molecule has 0 bridgehead atoms. The fraction of sp³-hybridized carbons (Fsp3) is 0.161. The van der Waals surface area contributed by atoms with Gasteiger partial charge in [0.05, 0.1) is 40.6 Å². The minimum absolute atomic E-state index is 0.267. The second kappa shape index (κ2) is 7.16. The summed E-state index contributed by atoms with van der Waals surface area (Å²) in [5.74, 6) is 0.356. The van der Waals surface area contributed by atoms with Gasteiger partial charge in [-0.05, 0) is 54.8 Å². The molecule has 35 heavy (non-hydrogen) atoms. The van der Waals surface area contributed by atoms with Gasteiger partial charge in [0, 0.05) is 27.9 Å². The summed E-state index contributed by atoms with van der Waals surface area (Å²) in [4.78, 5) is 2.60. The SMILES string of the molecule is C1=CC2=C(CC1)N(c1ccccc1)C1C=c3c(c4ccccc4n3-c3cccc4c3NCN4)=CC21. The van der Waals surface area contributed by atoms with E-state index in [9.17, 15) is 0 Å². The molecule has 4 nitrogen and oxygen atoms in total. The number of para-hydroxylation sites is 3. The largest absolute Gasteiger partial charge is 0.366 e. The van der Waals surface area contributed by atoms with Gasteiger partial charge in [0.2, 0.25) is 0 Å². The number of fused-ring (bicyclic) bond motifs is 6. The van der Waals surface area contributed by atoms with Gasteiger partial charge in [-0.2, -0.15) is 0 Å². The van der Waals surface area contributed by atoms with Crippen LogP contribution in [0.5, 0.6) is 0 Å². The molecular formula is C31H26N4. The van der Waals surface area contributed by atoms with Crippen molar-refractivity contribution in [3.05, 3.63) is 107 Å². The van der Waals surface area contributed by atoms with E-state index in [1.165, 1.54) is 55.5 Å². The number of hydrogen-bond donors (Lipinski definition) is 2. The van der Waals surface area contributed by atoms with Crippen LogP contribution in [0.3, 0.4) is 0 Å². The first-order chi connectivity index (χ1) is 17.4. The Morgan fingerprint density at radius 3 is 2.66 bits per heavy atom. The summed E-state index contributed by atoms with van der Waals surface area (Å²) in [7, 11) is 0. The van der Waals surface area contributed by atoms with Crippen LogP contribution < -0.4 is 26.1 Å². The maximum absolute atomic E-state index is 3.57. The Balaban J connectivity index is 1.44. The Labute approximate surface area is 204 Å². The van der Waals surface area contributed by atoms with E-state index in [1.807, 2.05) is 0 Å². The first-order valence-corrected chi connectivity index (χ1v) is 12.6. The molecular weight excluding hydrogens is 428 g/mol. The van der Waals surface area contributed by atoms with Crippen LogP contribution in [0.25, 0.3) is 28.7 Å². The Morgan fingerprint density at radius 1 is 0.829 bits per heavy atom. The van der Waals surface area contributed by atoms with Crippen LogP contribution in [0.4, 0.5) is 17.1 Å². The standard InChI is InChI=1S/C31H26N4/c1-2-9-20(10-3-1)34-26-14-6-4-11-21(26)23-17-24-22-12-5-7-15-27(22)35(30(24)18-29(23)34)28-16-8-13-25-31(28)33-19-32-25/h1-5,7-13,15-18,23,29,32-33H,6,14,19H2. The zero-order valence-corrected chi connectivity index (χ0v) is 19.4. The van der Waals surface area contributed by atoms with E-state index in [2.05, 4.69) is 117 Å². The lowest BCUT2D eigenvalue weighted by Crippen LogP contribution is -2.42. The van der Waals surface area contributed by atoms with Crippen LogP contribution in [0.2, 0.25) is 0 Å². The van der Waals surface area contributed by atoms with E-state index in [-0.39, 0.29) is 6.04 Å². The molecule has 2 aliphatic carbocycles. The molecule has 0 saturated heterocycles. The molecule has 2 atom stereocenters. The van der Waals surface area contributed by atoms with Crippen LogP contribution >= 0.6 is 0 Å². The number of rotatable bonds is 2. The van der Waals surface area contributed by atoms with Gasteiger partial charge in [-0.15, -0.1) is 0 Å². The van der Waals surface area contributed by atoms with Gasteiger partial charge in [0.25, 0.3) is 0 Å². The molecule has 3 aromatic carbocycles. The van der Waals surface area contributed by atoms with Crippen LogP contribution in [0.15, 0.2) is 96.2 Å². The lowest BCUT2D eigenvalue weighted by atomic mass is 9.87. The van der Waals surface area contributed by atoms with Crippen molar-refractivity contribution < 1.29 is 0 Å². The van der Waals surface area contributed by atoms with Crippen LogP contribution in [-0.2, 0) is 0 Å². The monoisotopic (exact) mass is 454 g/mol. The highest BCUT2D eigenvalue weighted by Gasteiger charge is 2.40. The van der Waals surface area contributed by atoms with E-state index in [1.54, 1.807) is 0 Å². The van der Waals surface area contributed by atoms with Crippen molar-refractivity contribution in [2.24, 2.45) is 5.92 Å². The van der Waals surface area contributed by atoms with Crippen molar-refractivity contribution in [3.63, 3.8) is 0 Å². The van der Waals surface area contributed by atoms with Crippen LogP contribution in [-0.4, -0.2) is 17.3 Å². The number of benzene rings is 3. The highest BCUT2D eigenvalue weighted by molar-refractivity contribution is 5.90. The molecule has 1 aromatic heterocycles. The maximum atomic E-state index is 3.57. The van der Waals surface area contributed by atoms with Gasteiger partial charge in [-0.25, -0.2) is 0 Å². The lowest BCUT2D eigenvalue weighted by molar-refractivity contribution is 0.731. The van der Waals surface area contributed by atoms with E-state index in [4.69, 9.17) is 0 Å². The number of aromatic nitrogens is 1. The van der Waals surface area contributed by atoms with Gasteiger partial charge in [-0.1, -0.05) is 60.7 Å².